The molecule has 3 nitrogen and oxygen atoms in total. The van der Waals surface area contributed by atoms with Gasteiger partial charge >= 0.3 is 0 Å². The van der Waals surface area contributed by atoms with Gasteiger partial charge < -0.3 is 4.90 Å². The molecule has 1 aliphatic rings. The second-order valence-electron chi connectivity index (χ2n) is 5.51. The number of hydrogen-bond acceptors (Lipinski definition) is 2. The Morgan fingerprint density at radius 1 is 1.35 bits per heavy atom. The van der Waals surface area contributed by atoms with E-state index in [0.717, 1.165) is 31.4 Å². The molecule has 1 fully saturated rings. The van der Waals surface area contributed by atoms with E-state index in [1.807, 2.05) is 11.8 Å². The molecule has 1 saturated heterocycles. The van der Waals surface area contributed by atoms with Crippen LogP contribution in [0.15, 0.2) is 18.2 Å². The molecular formula is C16H20ClNO2. The number of amides is 1. The number of hydrogen-bond donors (Lipinski definition) is 0. The summed E-state index contributed by atoms with van der Waals surface area (Å²) in [6.45, 7) is 4.21. The third-order valence-corrected chi connectivity index (χ3v) is 4.07. The summed E-state index contributed by atoms with van der Waals surface area (Å²) in [4.78, 5) is 25.9. The Kier molecular flexibility index (Phi) is 4.81. The van der Waals surface area contributed by atoms with Crippen molar-refractivity contribution in [1.29, 1.82) is 0 Å². The van der Waals surface area contributed by atoms with E-state index in [2.05, 4.69) is 0 Å². The highest BCUT2D eigenvalue weighted by molar-refractivity contribution is 6.30. The van der Waals surface area contributed by atoms with E-state index in [4.69, 9.17) is 11.6 Å². The zero-order chi connectivity index (χ0) is 14.7. The maximum Gasteiger partial charge on any atom is 0.254 e. The summed E-state index contributed by atoms with van der Waals surface area (Å²) in [5.41, 5.74) is 1.57. The van der Waals surface area contributed by atoms with Gasteiger partial charge in [0.15, 0.2) is 0 Å². The van der Waals surface area contributed by atoms with E-state index in [0.29, 0.717) is 17.0 Å². The molecule has 108 valence electrons. The first-order valence-corrected chi connectivity index (χ1v) is 7.43. The summed E-state index contributed by atoms with van der Waals surface area (Å²) >= 11 is 5.94. The average molecular weight is 294 g/mol. The molecule has 1 heterocycles. The van der Waals surface area contributed by atoms with E-state index in [9.17, 15) is 9.59 Å². The van der Waals surface area contributed by atoms with Crippen LogP contribution in [0.1, 0.15) is 48.5 Å². The fourth-order valence-electron chi connectivity index (χ4n) is 2.83. The number of Topliss-reactive ketones (excluding diaryl/α,β-unsaturated/α-hetero) is 1. The molecule has 0 bridgehead atoms. The molecule has 0 saturated carbocycles. The quantitative estimate of drug-likeness (QED) is 0.853. The molecular weight excluding hydrogens is 274 g/mol. The summed E-state index contributed by atoms with van der Waals surface area (Å²) in [7, 11) is 0. The summed E-state index contributed by atoms with van der Waals surface area (Å²) in [6, 6.07) is 5.37. The third-order valence-electron chi connectivity index (χ3n) is 3.83. The van der Waals surface area contributed by atoms with Crippen LogP contribution in [-0.2, 0) is 4.79 Å². The van der Waals surface area contributed by atoms with Gasteiger partial charge in [0.05, 0.1) is 0 Å². The molecule has 1 aliphatic heterocycles. The molecule has 0 radical (unpaired) electrons. The van der Waals surface area contributed by atoms with Gasteiger partial charge in [-0.1, -0.05) is 11.6 Å². The summed E-state index contributed by atoms with van der Waals surface area (Å²) in [5.74, 6) is 0.160. The fourth-order valence-corrected chi connectivity index (χ4v) is 3.06. The molecule has 1 atom stereocenters. The van der Waals surface area contributed by atoms with Crippen molar-refractivity contribution >= 4 is 23.3 Å². The first-order valence-electron chi connectivity index (χ1n) is 7.05. The van der Waals surface area contributed by atoms with E-state index in [1.165, 1.54) is 0 Å². The Bertz CT molecular complexity index is 527. The first kappa shape index (κ1) is 15.0. The largest absolute Gasteiger partial charge is 0.335 e. The van der Waals surface area contributed by atoms with Crippen molar-refractivity contribution in [3.05, 3.63) is 34.3 Å². The lowest BCUT2D eigenvalue weighted by Crippen LogP contribution is -2.44. The van der Waals surface area contributed by atoms with Crippen LogP contribution in [0.3, 0.4) is 0 Å². The van der Waals surface area contributed by atoms with Gasteiger partial charge in [-0.2, -0.15) is 0 Å². The van der Waals surface area contributed by atoms with Crippen molar-refractivity contribution in [3.8, 4) is 0 Å². The van der Waals surface area contributed by atoms with Gasteiger partial charge in [-0.3, -0.25) is 9.59 Å². The number of carbonyl (C=O) groups is 2. The molecule has 0 spiro atoms. The van der Waals surface area contributed by atoms with Crippen molar-refractivity contribution in [2.24, 2.45) is 0 Å². The van der Waals surface area contributed by atoms with Gasteiger partial charge in [-0.05, 0) is 56.9 Å². The minimum absolute atomic E-state index is 0.0186. The molecule has 1 aromatic rings. The van der Waals surface area contributed by atoms with Crippen LogP contribution in [-0.4, -0.2) is 29.2 Å². The smallest absolute Gasteiger partial charge is 0.254 e. The maximum atomic E-state index is 12.7. The van der Waals surface area contributed by atoms with Crippen molar-refractivity contribution < 1.29 is 9.59 Å². The van der Waals surface area contributed by atoms with Crippen molar-refractivity contribution in [1.82, 2.24) is 4.90 Å². The summed E-state index contributed by atoms with van der Waals surface area (Å²) in [6.07, 6.45) is 3.46. The lowest BCUT2D eigenvalue weighted by molar-refractivity contribution is -0.118. The second-order valence-corrected chi connectivity index (χ2v) is 5.95. The number of nitrogens with zero attached hydrogens (tertiary/aromatic N) is 1. The lowest BCUT2D eigenvalue weighted by Gasteiger charge is -2.35. The SMILES string of the molecule is CC(=O)CC1CCCCN1C(=O)c1ccc(Cl)cc1C. The number of ketones is 1. The highest BCUT2D eigenvalue weighted by Crippen LogP contribution is 2.24. The Hall–Kier alpha value is -1.35. The Morgan fingerprint density at radius 2 is 2.10 bits per heavy atom. The Morgan fingerprint density at radius 3 is 2.75 bits per heavy atom. The Balaban J connectivity index is 2.22. The van der Waals surface area contributed by atoms with Gasteiger partial charge in [0.2, 0.25) is 0 Å². The van der Waals surface area contributed by atoms with Gasteiger partial charge in [0.25, 0.3) is 5.91 Å². The molecule has 0 aliphatic carbocycles. The van der Waals surface area contributed by atoms with E-state index in [-0.39, 0.29) is 17.7 Å². The normalized spacial score (nSPS) is 18.9. The summed E-state index contributed by atoms with van der Waals surface area (Å²) < 4.78 is 0. The highest BCUT2D eigenvalue weighted by atomic mass is 35.5. The molecule has 1 amide bonds. The topological polar surface area (TPSA) is 37.4 Å². The maximum absolute atomic E-state index is 12.7. The lowest BCUT2D eigenvalue weighted by atomic mass is 9.96. The number of piperidine rings is 1. The molecule has 0 N–H and O–H groups in total. The number of rotatable bonds is 3. The molecule has 4 heteroatoms. The van der Waals surface area contributed by atoms with Crippen LogP contribution in [0.25, 0.3) is 0 Å². The van der Waals surface area contributed by atoms with Crippen molar-refractivity contribution in [2.75, 3.05) is 6.54 Å². The number of benzene rings is 1. The zero-order valence-electron chi connectivity index (χ0n) is 12.0. The average Bonchev–Trinajstić information content (AvgIpc) is 2.38. The minimum Gasteiger partial charge on any atom is -0.335 e. The highest BCUT2D eigenvalue weighted by Gasteiger charge is 2.28. The minimum atomic E-state index is 0.0186. The summed E-state index contributed by atoms with van der Waals surface area (Å²) in [5, 5.41) is 0.637. The molecule has 20 heavy (non-hydrogen) atoms. The van der Waals surface area contributed by atoms with Crippen LogP contribution in [0.2, 0.25) is 5.02 Å². The monoisotopic (exact) mass is 293 g/mol. The second kappa shape index (κ2) is 6.40. The van der Waals surface area contributed by atoms with Gasteiger partial charge in [0.1, 0.15) is 5.78 Å². The van der Waals surface area contributed by atoms with E-state index >= 15 is 0 Å². The number of carbonyl (C=O) groups excluding carboxylic acids is 2. The predicted molar refractivity (Wildman–Crippen MR) is 80.2 cm³/mol. The van der Waals surface area contributed by atoms with Crippen LogP contribution < -0.4 is 0 Å². The Labute approximate surface area is 124 Å². The fraction of sp³-hybridized carbons (Fsp3) is 0.500. The molecule has 0 aromatic heterocycles. The number of aryl methyl sites for hydroxylation is 1. The van der Waals surface area contributed by atoms with Crippen molar-refractivity contribution in [3.63, 3.8) is 0 Å². The zero-order valence-corrected chi connectivity index (χ0v) is 12.7. The predicted octanol–water partition coefficient (Wildman–Crippen LogP) is 3.62. The van der Waals surface area contributed by atoms with Gasteiger partial charge in [0, 0.05) is 29.6 Å². The first-order chi connectivity index (χ1) is 9.49. The molecule has 1 unspecified atom stereocenters. The van der Waals surface area contributed by atoms with Crippen LogP contribution in [0.5, 0.6) is 0 Å². The van der Waals surface area contributed by atoms with Crippen molar-refractivity contribution in [2.45, 2.75) is 45.6 Å². The standard InChI is InChI=1S/C16H20ClNO2/c1-11-9-13(17)6-7-15(11)16(20)18-8-4-3-5-14(18)10-12(2)19/h6-7,9,14H,3-5,8,10H2,1-2H3. The number of halogens is 1. The van der Waals surface area contributed by atoms with E-state index in [1.54, 1.807) is 25.1 Å². The van der Waals surface area contributed by atoms with Crippen LogP contribution >= 0.6 is 11.6 Å². The van der Waals surface area contributed by atoms with E-state index < -0.39 is 0 Å². The number of likely N-dealkylation sites (tertiary alicyclic amines) is 1. The van der Waals surface area contributed by atoms with Crippen LogP contribution in [0, 0.1) is 6.92 Å². The van der Waals surface area contributed by atoms with Gasteiger partial charge in [-0.15, -0.1) is 0 Å². The van der Waals surface area contributed by atoms with Crippen LogP contribution in [0.4, 0.5) is 0 Å². The van der Waals surface area contributed by atoms with Gasteiger partial charge in [-0.25, -0.2) is 0 Å². The third kappa shape index (κ3) is 3.40. The molecule has 1 aromatic carbocycles. The molecule has 2 rings (SSSR count).